The number of carbonyl (C=O) groups is 1. The molecule has 1 amide bonds. The molecular formula is C36H50N6O5S. The molecule has 1 atom stereocenters. The molecule has 1 aliphatic heterocycles. The van der Waals surface area contributed by atoms with Gasteiger partial charge in [0.2, 0.25) is 15.9 Å². The number of sulfonamides is 1. The smallest absolute Gasteiger partial charge is 0.293 e. The van der Waals surface area contributed by atoms with Crippen LogP contribution in [0, 0.1) is 16.0 Å². The van der Waals surface area contributed by atoms with Crippen molar-refractivity contribution in [2.24, 2.45) is 5.92 Å². The Labute approximate surface area is 285 Å². The Balaban J connectivity index is 1.50. The lowest BCUT2D eigenvalue weighted by Gasteiger charge is -2.34. The van der Waals surface area contributed by atoms with E-state index in [1.165, 1.54) is 16.4 Å². The fraction of sp³-hybridized carbons (Fsp3) is 0.472. The maximum atomic E-state index is 13.9. The van der Waals surface area contributed by atoms with Crippen LogP contribution in [0.1, 0.15) is 42.7 Å². The van der Waals surface area contributed by atoms with E-state index < -0.39 is 20.9 Å². The summed E-state index contributed by atoms with van der Waals surface area (Å²) in [6, 6.07) is 23.8. The first-order valence-electron chi connectivity index (χ1n) is 16.7. The normalized spacial score (nSPS) is 15.6. The SMILES string of the molecule is CN(C)CCCN(CCCN(C)C)C(=O)C1CCCN(S(=O)(=O)c2ccc(NCC(c3ccccc3)c3ccccc3)c([N+](=O)[O-])c2)C1. The summed E-state index contributed by atoms with van der Waals surface area (Å²) < 4.78 is 29.1. The summed E-state index contributed by atoms with van der Waals surface area (Å²) in [5.41, 5.74) is 2.05. The second kappa shape index (κ2) is 17.5. The summed E-state index contributed by atoms with van der Waals surface area (Å²) in [6.07, 6.45) is 2.81. The predicted molar refractivity (Wildman–Crippen MR) is 191 cm³/mol. The van der Waals surface area contributed by atoms with Crippen LogP contribution in [0.5, 0.6) is 0 Å². The molecule has 0 bridgehead atoms. The van der Waals surface area contributed by atoms with Crippen molar-refractivity contribution in [1.82, 2.24) is 19.0 Å². The first-order chi connectivity index (χ1) is 23.0. The Kier molecular flexibility index (Phi) is 13.5. The lowest BCUT2D eigenvalue weighted by molar-refractivity contribution is -0.384. The minimum Gasteiger partial charge on any atom is -0.379 e. The highest BCUT2D eigenvalue weighted by Crippen LogP contribution is 2.33. The average molecular weight is 679 g/mol. The minimum absolute atomic E-state index is 0.0238. The zero-order chi connectivity index (χ0) is 34.7. The van der Waals surface area contributed by atoms with Gasteiger partial charge in [-0.15, -0.1) is 0 Å². The Morgan fingerprint density at radius 3 is 1.98 bits per heavy atom. The number of nitrogens with one attached hydrogen (secondary N) is 1. The van der Waals surface area contributed by atoms with Crippen LogP contribution in [0.15, 0.2) is 83.8 Å². The fourth-order valence-electron chi connectivity index (χ4n) is 6.24. The third kappa shape index (κ3) is 10.1. The number of piperidine rings is 1. The molecule has 1 fully saturated rings. The van der Waals surface area contributed by atoms with Crippen molar-refractivity contribution in [1.29, 1.82) is 0 Å². The van der Waals surface area contributed by atoms with Gasteiger partial charge in [-0.25, -0.2) is 8.42 Å². The summed E-state index contributed by atoms with van der Waals surface area (Å²) in [4.78, 5) is 31.4. The minimum atomic E-state index is -4.08. The molecule has 12 heteroatoms. The number of carbonyl (C=O) groups excluding carboxylic acids is 1. The largest absolute Gasteiger partial charge is 0.379 e. The number of benzene rings is 3. The highest BCUT2D eigenvalue weighted by atomic mass is 32.2. The van der Waals surface area contributed by atoms with Crippen molar-refractivity contribution >= 4 is 27.3 Å². The van der Waals surface area contributed by atoms with Crippen LogP contribution >= 0.6 is 0 Å². The molecule has 1 saturated heterocycles. The number of hydrogen-bond acceptors (Lipinski definition) is 8. The molecule has 260 valence electrons. The number of nitro benzene ring substituents is 1. The van der Waals surface area contributed by atoms with Crippen molar-refractivity contribution in [2.75, 3.05) is 79.3 Å². The Bertz CT molecular complexity index is 1530. The van der Waals surface area contributed by atoms with Gasteiger partial charge >= 0.3 is 0 Å². The van der Waals surface area contributed by atoms with Gasteiger partial charge in [0.1, 0.15) is 5.69 Å². The van der Waals surface area contributed by atoms with Gasteiger partial charge in [0.05, 0.1) is 15.7 Å². The van der Waals surface area contributed by atoms with Crippen molar-refractivity contribution in [2.45, 2.75) is 36.5 Å². The van der Waals surface area contributed by atoms with Crippen LogP contribution < -0.4 is 5.32 Å². The number of anilines is 1. The summed E-state index contributed by atoms with van der Waals surface area (Å²) in [5, 5.41) is 15.5. The third-order valence-corrected chi connectivity index (χ3v) is 10.7. The second-order valence-corrected chi connectivity index (χ2v) is 15.0. The molecule has 1 heterocycles. The standard InChI is InChI=1S/C36H50N6O5S/c1-38(2)21-12-23-40(24-13-22-39(3)4)36(43)31-18-11-25-41(28-31)48(46,47)32-19-20-34(35(26-32)42(44)45)37-27-33(29-14-7-5-8-15-29)30-16-9-6-10-17-30/h5-10,14-17,19-20,26,31,33,37H,11-13,18,21-25,27-28H2,1-4H3. The second-order valence-electron chi connectivity index (χ2n) is 13.0. The number of amides is 1. The van der Waals surface area contributed by atoms with Gasteiger partial charge < -0.3 is 20.0 Å². The Morgan fingerprint density at radius 2 is 1.46 bits per heavy atom. The van der Waals surface area contributed by atoms with E-state index in [1.54, 1.807) is 0 Å². The number of nitrogens with zero attached hydrogens (tertiary/aromatic N) is 5. The number of rotatable bonds is 17. The lowest BCUT2D eigenvalue weighted by Crippen LogP contribution is -2.47. The van der Waals surface area contributed by atoms with E-state index >= 15 is 0 Å². The average Bonchev–Trinajstić information content (AvgIpc) is 3.08. The van der Waals surface area contributed by atoms with Gasteiger partial charge in [0, 0.05) is 44.7 Å². The Morgan fingerprint density at radius 1 is 0.896 bits per heavy atom. The van der Waals surface area contributed by atoms with E-state index in [2.05, 4.69) is 15.1 Å². The summed E-state index contributed by atoms with van der Waals surface area (Å²) >= 11 is 0. The fourth-order valence-corrected chi connectivity index (χ4v) is 7.79. The Hall–Kier alpha value is -3.84. The number of hydrogen-bond donors (Lipinski definition) is 1. The third-order valence-electron chi connectivity index (χ3n) is 8.82. The van der Waals surface area contributed by atoms with Crippen molar-refractivity contribution in [3.05, 3.63) is 100 Å². The molecule has 1 N–H and O–H groups in total. The van der Waals surface area contributed by atoms with Gasteiger partial charge in [0.25, 0.3) is 5.69 Å². The van der Waals surface area contributed by atoms with Gasteiger partial charge in [-0.05, 0) is 90.2 Å². The van der Waals surface area contributed by atoms with Crippen LogP contribution in [-0.4, -0.2) is 112 Å². The van der Waals surface area contributed by atoms with Crippen LogP contribution in [0.3, 0.4) is 0 Å². The van der Waals surface area contributed by atoms with Gasteiger partial charge in [0.15, 0.2) is 0 Å². The van der Waals surface area contributed by atoms with Crippen LogP contribution in [-0.2, 0) is 14.8 Å². The maximum Gasteiger partial charge on any atom is 0.293 e. The van der Waals surface area contributed by atoms with E-state index in [0.29, 0.717) is 32.5 Å². The predicted octanol–water partition coefficient (Wildman–Crippen LogP) is 4.97. The van der Waals surface area contributed by atoms with Crippen molar-refractivity contribution in [3.63, 3.8) is 0 Å². The molecular weight excluding hydrogens is 629 g/mol. The number of nitro groups is 1. The molecule has 3 aromatic carbocycles. The van der Waals surface area contributed by atoms with Crippen LogP contribution in [0.25, 0.3) is 0 Å². The van der Waals surface area contributed by atoms with E-state index in [-0.39, 0.29) is 41.2 Å². The molecule has 1 aliphatic rings. The monoisotopic (exact) mass is 678 g/mol. The summed E-state index contributed by atoms with van der Waals surface area (Å²) in [5.74, 6) is -0.566. The molecule has 0 aromatic heterocycles. The molecule has 0 saturated carbocycles. The first-order valence-corrected chi connectivity index (χ1v) is 18.1. The summed E-state index contributed by atoms with van der Waals surface area (Å²) in [7, 11) is 3.92. The molecule has 3 aromatic rings. The van der Waals surface area contributed by atoms with E-state index in [0.717, 1.165) is 43.1 Å². The zero-order valence-corrected chi connectivity index (χ0v) is 29.4. The van der Waals surface area contributed by atoms with Crippen molar-refractivity contribution in [3.8, 4) is 0 Å². The topological polar surface area (TPSA) is 119 Å². The molecule has 11 nitrogen and oxygen atoms in total. The molecule has 0 radical (unpaired) electrons. The first kappa shape index (κ1) is 37.0. The highest BCUT2D eigenvalue weighted by Gasteiger charge is 2.36. The van der Waals surface area contributed by atoms with Crippen LogP contribution in [0.4, 0.5) is 11.4 Å². The molecule has 0 aliphatic carbocycles. The van der Waals surface area contributed by atoms with Crippen LogP contribution in [0.2, 0.25) is 0 Å². The van der Waals surface area contributed by atoms with E-state index in [1.807, 2.05) is 93.8 Å². The lowest BCUT2D eigenvalue weighted by atomic mass is 9.91. The van der Waals surface area contributed by atoms with Crippen molar-refractivity contribution < 1.29 is 18.1 Å². The maximum absolute atomic E-state index is 13.9. The van der Waals surface area contributed by atoms with E-state index in [4.69, 9.17) is 0 Å². The van der Waals surface area contributed by atoms with Gasteiger partial charge in [-0.3, -0.25) is 14.9 Å². The van der Waals surface area contributed by atoms with Gasteiger partial charge in [-0.1, -0.05) is 60.7 Å². The quantitative estimate of drug-likeness (QED) is 0.157. The molecule has 0 spiro atoms. The molecule has 48 heavy (non-hydrogen) atoms. The zero-order valence-electron chi connectivity index (χ0n) is 28.6. The molecule has 1 unspecified atom stereocenters. The van der Waals surface area contributed by atoms with E-state index in [9.17, 15) is 23.3 Å². The highest BCUT2D eigenvalue weighted by molar-refractivity contribution is 7.89. The molecule has 4 rings (SSSR count). The van der Waals surface area contributed by atoms with Gasteiger partial charge in [-0.2, -0.15) is 4.31 Å². The summed E-state index contributed by atoms with van der Waals surface area (Å²) in [6.45, 7) is 3.63.